The van der Waals surface area contributed by atoms with Crippen molar-refractivity contribution < 1.29 is 4.39 Å². The average Bonchev–Trinajstić information content (AvgIpc) is 2.32. The van der Waals surface area contributed by atoms with Gasteiger partial charge in [0.15, 0.2) is 5.82 Å². The number of nitrogen functional groups attached to an aromatic ring is 1. The second kappa shape index (κ2) is 4.94. The van der Waals surface area contributed by atoms with Crippen molar-refractivity contribution in [3.8, 4) is 0 Å². The smallest absolute Gasteiger partial charge is 0.153 e. The third-order valence-electron chi connectivity index (χ3n) is 2.73. The minimum Gasteiger partial charge on any atom is -0.396 e. The van der Waals surface area contributed by atoms with Crippen LogP contribution in [0.5, 0.6) is 0 Å². The lowest BCUT2D eigenvalue weighted by Gasteiger charge is -2.12. The number of nitrogens with one attached hydrogen (secondary N) is 1. The fraction of sp³-hybridized carbons (Fsp3) is 0.154. The van der Waals surface area contributed by atoms with Gasteiger partial charge in [-0.1, -0.05) is 0 Å². The maximum Gasteiger partial charge on any atom is 0.153 e. The van der Waals surface area contributed by atoms with Crippen LogP contribution in [0, 0.1) is 19.7 Å². The van der Waals surface area contributed by atoms with Gasteiger partial charge in [0, 0.05) is 11.9 Å². The molecule has 0 aliphatic heterocycles. The van der Waals surface area contributed by atoms with Crippen LogP contribution in [-0.4, -0.2) is 4.98 Å². The van der Waals surface area contributed by atoms with Crippen LogP contribution in [0.25, 0.3) is 0 Å². The Labute approximate surface area is 113 Å². The summed E-state index contributed by atoms with van der Waals surface area (Å²) in [6.07, 6.45) is 1.67. The molecule has 0 spiro atoms. The first kappa shape index (κ1) is 12.8. The van der Waals surface area contributed by atoms with Crippen molar-refractivity contribution in [1.82, 2.24) is 4.98 Å². The number of aromatic nitrogens is 1. The molecule has 3 nitrogen and oxygen atoms in total. The number of benzene rings is 1. The molecule has 0 saturated heterocycles. The lowest BCUT2D eigenvalue weighted by atomic mass is 10.2. The largest absolute Gasteiger partial charge is 0.396 e. The van der Waals surface area contributed by atoms with Gasteiger partial charge in [0.2, 0.25) is 0 Å². The third kappa shape index (κ3) is 2.46. The van der Waals surface area contributed by atoms with Gasteiger partial charge >= 0.3 is 0 Å². The first-order valence-electron chi connectivity index (χ1n) is 5.43. The van der Waals surface area contributed by atoms with E-state index >= 15 is 0 Å². The molecule has 1 aromatic carbocycles. The molecule has 94 valence electrons. The summed E-state index contributed by atoms with van der Waals surface area (Å²) in [5.74, 6) is 0.217. The highest BCUT2D eigenvalue weighted by Crippen LogP contribution is 2.28. The number of aryl methyl sites for hydroxylation is 2. The summed E-state index contributed by atoms with van der Waals surface area (Å²) in [6, 6.07) is 4.96. The summed E-state index contributed by atoms with van der Waals surface area (Å²) >= 11 is 3.15. The number of anilines is 3. The summed E-state index contributed by atoms with van der Waals surface area (Å²) in [6.45, 7) is 3.79. The molecular formula is C13H13BrFN3. The number of pyridine rings is 1. The Kier molecular flexibility index (Phi) is 3.52. The van der Waals surface area contributed by atoms with Gasteiger partial charge in [0.1, 0.15) is 5.82 Å². The minimum absolute atomic E-state index is 0.325. The lowest BCUT2D eigenvalue weighted by Crippen LogP contribution is -2.02. The summed E-state index contributed by atoms with van der Waals surface area (Å²) < 4.78 is 13.9. The minimum atomic E-state index is -0.325. The fourth-order valence-electron chi connectivity index (χ4n) is 1.58. The van der Waals surface area contributed by atoms with Gasteiger partial charge in [0.05, 0.1) is 10.2 Å². The summed E-state index contributed by atoms with van der Waals surface area (Å²) in [7, 11) is 0. The molecule has 0 amide bonds. The molecule has 0 atom stereocenters. The Bertz CT molecular complexity index is 599. The van der Waals surface area contributed by atoms with E-state index in [0.717, 1.165) is 11.1 Å². The summed E-state index contributed by atoms with van der Waals surface area (Å²) in [4.78, 5) is 4.16. The van der Waals surface area contributed by atoms with Gasteiger partial charge in [-0.25, -0.2) is 9.37 Å². The van der Waals surface area contributed by atoms with E-state index in [9.17, 15) is 4.39 Å². The highest BCUT2D eigenvalue weighted by Gasteiger charge is 2.08. The SMILES string of the molecule is Cc1cc(Br)c(F)cc1Nc1nccc(C)c1N. The number of hydrogen-bond donors (Lipinski definition) is 2. The maximum absolute atomic E-state index is 13.5. The van der Waals surface area contributed by atoms with Crippen molar-refractivity contribution >= 4 is 33.1 Å². The highest BCUT2D eigenvalue weighted by atomic mass is 79.9. The van der Waals surface area contributed by atoms with Crippen LogP contribution in [0.3, 0.4) is 0 Å². The quantitative estimate of drug-likeness (QED) is 0.884. The standard InChI is InChI=1S/C13H13BrFN3/c1-7-3-4-17-13(12(7)16)18-11-6-10(15)9(14)5-8(11)2/h3-6H,16H2,1-2H3,(H,17,18). The van der Waals surface area contributed by atoms with E-state index in [1.807, 2.05) is 19.9 Å². The van der Waals surface area contributed by atoms with Crippen molar-refractivity contribution in [1.29, 1.82) is 0 Å². The van der Waals surface area contributed by atoms with Gasteiger partial charge < -0.3 is 11.1 Å². The predicted molar refractivity (Wildman–Crippen MR) is 75.5 cm³/mol. The molecule has 0 bridgehead atoms. The zero-order valence-corrected chi connectivity index (χ0v) is 11.7. The number of hydrogen-bond acceptors (Lipinski definition) is 3. The molecule has 0 aliphatic carbocycles. The molecular weight excluding hydrogens is 297 g/mol. The van der Waals surface area contributed by atoms with E-state index in [4.69, 9.17) is 5.73 Å². The van der Waals surface area contributed by atoms with E-state index in [2.05, 4.69) is 26.2 Å². The molecule has 2 aromatic rings. The van der Waals surface area contributed by atoms with Gasteiger partial charge in [-0.15, -0.1) is 0 Å². The number of halogens is 2. The third-order valence-corrected chi connectivity index (χ3v) is 3.34. The van der Waals surface area contributed by atoms with Crippen LogP contribution in [0.1, 0.15) is 11.1 Å². The molecule has 1 heterocycles. The molecule has 3 N–H and O–H groups in total. The zero-order valence-electron chi connectivity index (χ0n) is 10.1. The molecule has 0 aliphatic rings. The second-order valence-electron chi connectivity index (χ2n) is 4.10. The van der Waals surface area contributed by atoms with Crippen molar-refractivity contribution in [3.05, 3.63) is 45.8 Å². The van der Waals surface area contributed by atoms with Gasteiger partial charge in [-0.2, -0.15) is 0 Å². The number of nitrogens with zero attached hydrogens (tertiary/aromatic N) is 1. The van der Waals surface area contributed by atoms with Crippen molar-refractivity contribution in [2.75, 3.05) is 11.1 Å². The van der Waals surface area contributed by atoms with E-state index in [0.29, 0.717) is 21.7 Å². The Morgan fingerprint density at radius 1 is 1.28 bits per heavy atom. The second-order valence-corrected chi connectivity index (χ2v) is 4.95. The van der Waals surface area contributed by atoms with Crippen LogP contribution in [-0.2, 0) is 0 Å². The van der Waals surface area contributed by atoms with Crippen molar-refractivity contribution in [3.63, 3.8) is 0 Å². The van der Waals surface area contributed by atoms with Crippen LogP contribution < -0.4 is 11.1 Å². The molecule has 0 fully saturated rings. The van der Waals surface area contributed by atoms with Crippen molar-refractivity contribution in [2.45, 2.75) is 13.8 Å². The van der Waals surface area contributed by atoms with E-state index in [-0.39, 0.29) is 5.82 Å². The fourth-order valence-corrected chi connectivity index (χ4v) is 2.04. The molecule has 0 radical (unpaired) electrons. The van der Waals surface area contributed by atoms with Gasteiger partial charge in [0.25, 0.3) is 0 Å². The van der Waals surface area contributed by atoms with E-state index < -0.39 is 0 Å². The molecule has 1 aromatic heterocycles. The summed E-state index contributed by atoms with van der Waals surface area (Å²) in [5, 5.41) is 3.05. The van der Waals surface area contributed by atoms with Crippen LogP contribution >= 0.6 is 15.9 Å². The Balaban J connectivity index is 2.40. The molecule has 18 heavy (non-hydrogen) atoms. The average molecular weight is 310 g/mol. The maximum atomic E-state index is 13.5. The van der Waals surface area contributed by atoms with Crippen LogP contribution in [0.15, 0.2) is 28.9 Å². The molecule has 0 unspecified atom stereocenters. The Hall–Kier alpha value is -1.62. The predicted octanol–water partition coefficient (Wildman–Crippen LogP) is 3.93. The van der Waals surface area contributed by atoms with Crippen molar-refractivity contribution in [2.24, 2.45) is 0 Å². The van der Waals surface area contributed by atoms with Gasteiger partial charge in [-0.05, 0) is 59.1 Å². The highest BCUT2D eigenvalue weighted by molar-refractivity contribution is 9.10. The molecule has 5 heteroatoms. The van der Waals surface area contributed by atoms with Crippen LogP contribution in [0.2, 0.25) is 0 Å². The summed E-state index contributed by atoms with van der Waals surface area (Å²) in [5.41, 5.74) is 8.98. The topological polar surface area (TPSA) is 50.9 Å². The lowest BCUT2D eigenvalue weighted by molar-refractivity contribution is 0.621. The van der Waals surface area contributed by atoms with E-state index in [1.165, 1.54) is 6.07 Å². The van der Waals surface area contributed by atoms with Crippen LogP contribution in [0.4, 0.5) is 21.6 Å². The number of nitrogens with two attached hydrogens (primary N) is 1. The number of rotatable bonds is 2. The van der Waals surface area contributed by atoms with E-state index in [1.54, 1.807) is 12.3 Å². The molecule has 2 rings (SSSR count). The zero-order chi connectivity index (χ0) is 13.3. The Morgan fingerprint density at radius 2 is 2.00 bits per heavy atom. The van der Waals surface area contributed by atoms with Gasteiger partial charge in [-0.3, -0.25) is 0 Å². The normalized spacial score (nSPS) is 10.4. The Morgan fingerprint density at radius 3 is 2.72 bits per heavy atom. The monoisotopic (exact) mass is 309 g/mol. The molecule has 0 saturated carbocycles. The first-order valence-corrected chi connectivity index (χ1v) is 6.22. The first-order chi connectivity index (χ1) is 8.49.